The van der Waals surface area contributed by atoms with E-state index in [-0.39, 0.29) is 6.42 Å². The van der Waals surface area contributed by atoms with Crippen LogP contribution in [-0.4, -0.2) is 46.5 Å². The second kappa shape index (κ2) is 6.33. The van der Waals surface area contributed by atoms with E-state index in [1.807, 2.05) is 0 Å². The van der Waals surface area contributed by atoms with E-state index in [9.17, 15) is 4.79 Å². The highest BCUT2D eigenvalue weighted by Crippen LogP contribution is 2.09. The zero-order valence-corrected chi connectivity index (χ0v) is 7.02. The van der Waals surface area contributed by atoms with Gasteiger partial charge < -0.3 is 20.1 Å². The summed E-state index contributed by atoms with van der Waals surface area (Å²) in [5.74, 6) is 0. The van der Waals surface area contributed by atoms with Gasteiger partial charge in [0.05, 0.1) is 18.5 Å². The Hall–Kier alpha value is -0.200. The number of hydrogen-bond acceptors (Lipinski definition) is 5. The molecule has 0 heterocycles. The lowest BCUT2D eigenvalue weighted by Crippen LogP contribution is -2.40. The van der Waals surface area contributed by atoms with Gasteiger partial charge in [0.15, 0.2) is 0 Å². The highest BCUT2D eigenvalue weighted by Gasteiger charge is 2.26. The molecule has 0 fully saturated rings. The Labute approximate surface area is 74.7 Å². The van der Waals surface area contributed by atoms with Gasteiger partial charge in [0.1, 0.15) is 24.6 Å². The molecule has 5 nitrogen and oxygen atoms in total. The molecule has 0 spiro atoms. The summed E-state index contributed by atoms with van der Waals surface area (Å²) in [6.07, 6.45) is -3.35. The molecule has 0 aliphatic carbocycles. The molecule has 0 aromatic heterocycles. The fourth-order valence-electron chi connectivity index (χ4n) is 0.679. The molecule has 0 bridgehead atoms. The SMILES string of the molecule is O=CC[C@H](OCl)[C@@H](O)[C@H](O)CO. The summed E-state index contributed by atoms with van der Waals surface area (Å²) < 4.78 is 4.20. The molecule has 0 saturated carbocycles. The first kappa shape index (κ1) is 11.8. The third kappa shape index (κ3) is 3.46. The largest absolute Gasteiger partial charge is 0.394 e. The molecule has 0 saturated heterocycles. The average Bonchev–Trinajstić information content (AvgIpc) is 2.11. The first-order valence-electron chi connectivity index (χ1n) is 3.35. The van der Waals surface area contributed by atoms with Gasteiger partial charge in [-0.3, -0.25) is 4.29 Å². The van der Waals surface area contributed by atoms with Crippen molar-refractivity contribution in [2.45, 2.75) is 24.7 Å². The monoisotopic (exact) mass is 198 g/mol. The van der Waals surface area contributed by atoms with E-state index in [2.05, 4.69) is 4.29 Å². The summed E-state index contributed by atoms with van der Waals surface area (Å²) in [5.41, 5.74) is 0. The zero-order chi connectivity index (χ0) is 9.56. The van der Waals surface area contributed by atoms with Gasteiger partial charge in [-0.25, -0.2) is 0 Å². The molecule has 0 rings (SSSR count). The number of halogens is 1. The Bertz CT molecular complexity index is 131. The maximum Gasteiger partial charge on any atom is 0.122 e. The maximum absolute atomic E-state index is 10.00. The van der Waals surface area contributed by atoms with Crippen molar-refractivity contribution in [1.29, 1.82) is 0 Å². The minimum absolute atomic E-state index is 0.137. The van der Waals surface area contributed by atoms with Crippen LogP contribution in [0.5, 0.6) is 0 Å². The number of carbonyl (C=O) groups excluding carboxylic acids is 1. The fourth-order valence-corrected chi connectivity index (χ4v) is 0.857. The molecular formula is C6H11ClO5. The van der Waals surface area contributed by atoms with Gasteiger partial charge in [0.25, 0.3) is 0 Å². The van der Waals surface area contributed by atoms with Gasteiger partial charge in [-0.05, 0) is 0 Å². The van der Waals surface area contributed by atoms with Gasteiger partial charge in [0.2, 0.25) is 0 Å². The van der Waals surface area contributed by atoms with Crippen LogP contribution in [0.1, 0.15) is 6.42 Å². The van der Waals surface area contributed by atoms with Crippen LogP contribution in [0.15, 0.2) is 0 Å². The third-order valence-corrected chi connectivity index (χ3v) is 1.63. The lowest BCUT2D eigenvalue weighted by molar-refractivity contribution is -0.113. The number of rotatable bonds is 6. The zero-order valence-electron chi connectivity index (χ0n) is 6.26. The van der Waals surface area contributed by atoms with Crippen molar-refractivity contribution in [3.8, 4) is 0 Å². The number of hydrogen-bond donors (Lipinski definition) is 3. The standard InChI is InChI=1S/C6H11ClO5/c7-12-5(1-2-8)6(11)4(10)3-9/h2,4-6,9-11H,1,3H2/t4-,5+,6+/m1/s1. The summed E-state index contributed by atoms with van der Waals surface area (Å²) in [7, 11) is 0. The third-order valence-electron chi connectivity index (χ3n) is 1.41. The number of aliphatic hydroxyl groups is 3. The highest BCUT2D eigenvalue weighted by molar-refractivity contribution is 6.07. The minimum atomic E-state index is -1.36. The van der Waals surface area contributed by atoms with E-state index in [4.69, 9.17) is 27.2 Å². The molecule has 3 N–H and O–H groups in total. The van der Waals surface area contributed by atoms with Crippen LogP contribution < -0.4 is 0 Å². The summed E-state index contributed by atoms with van der Waals surface area (Å²) in [5, 5.41) is 26.5. The minimum Gasteiger partial charge on any atom is -0.394 e. The van der Waals surface area contributed by atoms with E-state index < -0.39 is 24.9 Å². The molecule has 0 aliphatic heterocycles. The number of carbonyl (C=O) groups is 1. The van der Waals surface area contributed by atoms with Crippen molar-refractivity contribution < 1.29 is 24.4 Å². The Balaban J connectivity index is 3.99. The Morgan fingerprint density at radius 2 is 2.08 bits per heavy atom. The summed E-state index contributed by atoms with van der Waals surface area (Å²) in [6.45, 7) is -0.614. The second-order valence-corrected chi connectivity index (χ2v) is 2.45. The number of aliphatic hydroxyl groups excluding tert-OH is 3. The summed E-state index contributed by atoms with van der Waals surface area (Å²) >= 11 is 4.93. The van der Waals surface area contributed by atoms with Crippen molar-refractivity contribution in [2.24, 2.45) is 0 Å². The molecule has 0 radical (unpaired) electrons. The lowest BCUT2D eigenvalue weighted by Gasteiger charge is -2.21. The van der Waals surface area contributed by atoms with Crippen LogP contribution in [0, 0.1) is 0 Å². The van der Waals surface area contributed by atoms with Crippen molar-refractivity contribution in [2.75, 3.05) is 6.61 Å². The Morgan fingerprint density at radius 3 is 2.42 bits per heavy atom. The average molecular weight is 199 g/mol. The fraction of sp³-hybridized carbons (Fsp3) is 0.833. The van der Waals surface area contributed by atoms with Gasteiger partial charge in [-0.2, -0.15) is 0 Å². The molecule has 0 aromatic rings. The predicted octanol–water partition coefficient (Wildman–Crippen LogP) is -1.17. The Kier molecular flexibility index (Phi) is 6.23. The van der Waals surface area contributed by atoms with Crippen molar-refractivity contribution >= 4 is 18.2 Å². The van der Waals surface area contributed by atoms with E-state index in [0.717, 1.165) is 0 Å². The van der Waals surface area contributed by atoms with Crippen LogP contribution in [0.3, 0.4) is 0 Å². The molecule has 0 aliphatic rings. The summed E-state index contributed by atoms with van der Waals surface area (Å²) in [4.78, 5) is 10.00. The van der Waals surface area contributed by atoms with Gasteiger partial charge in [-0.1, -0.05) is 0 Å². The molecule has 3 atom stereocenters. The smallest absolute Gasteiger partial charge is 0.122 e. The quantitative estimate of drug-likeness (QED) is 0.468. The van der Waals surface area contributed by atoms with Gasteiger partial charge in [-0.15, -0.1) is 0 Å². The molecular weight excluding hydrogens is 188 g/mol. The predicted molar refractivity (Wildman–Crippen MR) is 40.5 cm³/mol. The molecule has 0 amide bonds. The molecule has 0 aromatic carbocycles. The lowest BCUT2D eigenvalue weighted by atomic mass is 10.1. The van der Waals surface area contributed by atoms with Crippen molar-refractivity contribution in [1.82, 2.24) is 0 Å². The van der Waals surface area contributed by atoms with E-state index in [1.165, 1.54) is 0 Å². The normalized spacial score (nSPS) is 18.3. The van der Waals surface area contributed by atoms with Crippen LogP contribution in [-0.2, 0) is 9.08 Å². The molecule has 0 unspecified atom stereocenters. The van der Waals surface area contributed by atoms with E-state index in [1.54, 1.807) is 0 Å². The number of aldehydes is 1. The second-order valence-electron chi connectivity index (χ2n) is 2.27. The van der Waals surface area contributed by atoms with E-state index >= 15 is 0 Å². The first-order chi connectivity index (χ1) is 5.67. The first-order valence-corrected chi connectivity index (χ1v) is 3.66. The molecule has 12 heavy (non-hydrogen) atoms. The Morgan fingerprint density at radius 1 is 1.50 bits per heavy atom. The topological polar surface area (TPSA) is 87.0 Å². The maximum atomic E-state index is 10.00. The summed E-state index contributed by atoms with van der Waals surface area (Å²) in [6, 6.07) is 0. The van der Waals surface area contributed by atoms with Gasteiger partial charge >= 0.3 is 0 Å². The van der Waals surface area contributed by atoms with Crippen LogP contribution in [0.25, 0.3) is 0 Å². The van der Waals surface area contributed by atoms with Crippen LogP contribution >= 0.6 is 11.9 Å². The molecule has 6 heteroatoms. The van der Waals surface area contributed by atoms with Crippen LogP contribution in [0.2, 0.25) is 0 Å². The van der Waals surface area contributed by atoms with Crippen molar-refractivity contribution in [3.63, 3.8) is 0 Å². The molecule has 72 valence electrons. The van der Waals surface area contributed by atoms with Crippen LogP contribution in [0.4, 0.5) is 0 Å². The highest BCUT2D eigenvalue weighted by atomic mass is 35.5. The van der Waals surface area contributed by atoms with Gasteiger partial charge in [0, 0.05) is 6.42 Å². The van der Waals surface area contributed by atoms with Crippen molar-refractivity contribution in [3.05, 3.63) is 0 Å². The van der Waals surface area contributed by atoms with E-state index in [0.29, 0.717) is 6.29 Å².